The first kappa shape index (κ1) is 13.3. The minimum atomic E-state index is -0.138. The minimum absolute atomic E-state index is 0.0237. The molecular weight excluding hydrogens is 238 g/mol. The molecule has 0 saturated heterocycles. The van der Waals surface area contributed by atoms with Gasteiger partial charge in [0.25, 0.3) is 0 Å². The van der Waals surface area contributed by atoms with Crippen LogP contribution in [-0.4, -0.2) is 23.6 Å². The third kappa shape index (κ3) is 3.41. The van der Waals surface area contributed by atoms with Crippen molar-refractivity contribution in [1.29, 1.82) is 0 Å². The summed E-state index contributed by atoms with van der Waals surface area (Å²) in [6.45, 7) is 1.96. The van der Waals surface area contributed by atoms with Gasteiger partial charge in [-0.1, -0.05) is 36.4 Å². The van der Waals surface area contributed by atoms with E-state index < -0.39 is 0 Å². The fraction of sp³-hybridized carbons (Fsp3) is 0.250. The first-order valence-electron chi connectivity index (χ1n) is 6.27. The van der Waals surface area contributed by atoms with Crippen LogP contribution < -0.4 is 0 Å². The summed E-state index contributed by atoms with van der Waals surface area (Å²) in [6, 6.07) is 14.3. The molecule has 0 aromatic heterocycles. The van der Waals surface area contributed by atoms with Crippen molar-refractivity contribution in [3.05, 3.63) is 48.0 Å². The Morgan fingerprint density at radius 2 is 1.74 bits per heavy atom. The minimum Gasteiger partial charge on any atom is -0.341 e. The van der Waals surface area contributed by atoms with Crippen LogP contribution in [0.2, 0.25) is 0 Å². The fourth-order valence-electron chi connectivity index (χ4n) is 2.05. The van der Waals surface area contributed by atoms with Crippen molar-refractivity contribution < 1.29 is 9.59 Å². The second kappa shape index (κ2) is 5.65. The molecule has 0 unspecified atom stereocenters. The standard InChI is InChI=1S/C16H17NO2/c1-12(18)9-16(19)17(2)11-13-7-8-14-5-3-4-6-15(14)10-13/h3-8,10H,9,11H2,1-2H3. The van der Waals surface area contributed by atoms with Gasteiger partial charge in [0.2, 0.25) is 5.91 Å². The molecule has 3 nitrogen and oxygen atoms in total. The largest absolute Gasteiger partial charge is 0.341 e. The lowest BCUT2D eigenvalue weighted by molar-refractivity contribution is -0.134. The summed E-state index contributed by atoms with van der Waals surface area (Å²) in [5.74, 6) is -0.240. The summed E-state index contributed by atoms with van der Waals surface area (Å²) in [5.41, 5.74) is 1.07. The molecule has 0 fully saturated rings. The van der Waals surface area contributed by atoms with Gasteiger partial charge in [-0.15, -0.1) is 0 Å². The van der Waals surface area contributed by atoms with Gasteiger partial charge in [0.05, 0.1) is 6.42 Å². The molecule has 2 aromatic carbocycles. The number of carbonyl (C=O) groups excluding carboxylic acids is 2. The lowest BCUT2D eigenvalue weighted by atomic mass is 10.1. The summed E-state index contributed by atoms with van der Waals surface area (Å²) in [4.78, 5) is 24.3. The molecule has 0 radical (unpaired) electrons. The molecule has 0 aliphatic carbocycles. The van der Waals surface area contributed by atoms with Crippen LogP contribution in [0.4, 0.5) is 0 Å². The smallest absolute Gasteiger partial charge is 0.230 e. The average molecular weight is 255 g/mol. The zero-order valence-electron chi connectivity index (χ0n) is 11.2. The first-order chi connectivity index (χ1) is 9.06. The third-order valence-corrected chi connectivity index (χ3v) is 3.06. The molecule has 0 spiro atoms. The van der Waals surface area contributed by atoms with Crippen molar-refractivity contribution >= 4 is 22.5 Å². The molecular formula is C16H17NO2. The monoisotopic (exact) mass is 255 g/mol. The zero-order chi connectivity index (χ0) is 13.8. The Labute approximate surface area is 112 Å². The number of amides is 1. The Kier molecular flexibility index (Phi) is 3.95. The number of nitrogens with zero attached hydrogens (tertiary/aromatic N) is 1. The predicted molar refractivity (Wildman–Crippen MR) is 75.7 cm³/mol. The van der Waals surface area contributed by atoms with Gasteiger partial charge < -0.3 is 4.90 Å². The zero-order valence-corrected chi connectivity index (χ0v) is 11.2. The number of fused-ring (bicyclic) bond motifs is 1. The van der Waals surface area contributed by atoms with E-state index >= 15 is 0 Å². The van der Waals surface area contributed by atoms with Gasteiger partial charge in [-0.2, -0.15) is 0 Å². The maximum atomic E-state index is 11.7. The number of Topliss-reactive ketones (excluding diaryl/α,β-unsaturated/α-hetero) is 1. The van der Waals surface area contributed by atoms with Crippen LogP contribution in [0.1, 0.15) is 18.9 Å². The SMILES string of the molecule is CC(=O)CC(=O)N(C)Cc1ccc2ccccc2c1. The van der Waals surface area contributed by atoms with Crippen LogP contribution in [0.5, 0.6) is 0 Å². The molecule has 1 amide bonds. The van der Waals surface area contributed by atoms with Gasteiger partial charge in [0, 0.05) is 13.6 Å². The second-order valence-corrected chi connectivity index (χ2v) is 4.81. The molecule has 0 atom stereocenters. The Hall–Kier alpha value is -2.16. The van der Waals surface area contributed by atoms with Crippen molar-refractivity contribution in [2.75, 3.05) is 7.05 Å². The van der Waals surface area contributed by atoms with Gasteiger partial charge in [-0.25, -0.2) is 0 Å². The fourth-order valence-corrected chi connectivity index (χ4v) is 2.05. The topological polar surface area (TPSA) is 37.4 Å². The van der Waals surface area contributed by atoms with E-state index in [0.717, 1.165) is 10.9 Å². The van der Waals surface area contributed by atoms with E-state index in [1.165, 1.54) is 12.3 Å². The molecule has 19 heavy (non-hydrogen) atoms. The average Bonchev–Trinajstić information content (AvgIpc) is 2.37. The van der Waals surface area contributed by atoms with Crippen molar-refractivity contribution in [2.24, 2.45) is 0 Å². The van der Waals surface area contributed by atoms with Gasteiger partial charge in [0.1, 0.15) is 5.78 Å². The Morgan fingerprint density at radius 1 is 1.05 bits per heavy atom. The number of ketones is 1. The molecule has 2 aromatic rings. The number of carbonyl (C=O) groups is 2. The molecule has 0 bridgehead atoms. The summed E-state index contributed by atoms with van der Waals surface area (Å²) in [6.07, 6.45) is -0.0237. The number of hydrogen-bond acceptors (Lipinski definition) is 2. The van der Waals surface area contributed by atoms with E-state index in [1.807, 2.05) is 24.3 Å². The molecule has 0 aliphatic rings. The summed E-state index contributed by atoms with van der Waals surface area (Å²) < 4.78 is 0. The van der Waals surface area contributed by atoms with Gasteiger partial charge >= 0.3 is 0 Å². The maximum absolute atomic E-state index is 11.7. The van der Waals surface area contributed by atoms with Crippen molar-refractivity contribution in [3.8, 4) is 0 Å². The van der Waals surface area contributed by atoms with E-state index in [4.69, 9.17) is 0 Å². The molecule has 3 heteroatoms. The number of hydrogen-bond donors (Lipinski definition) is 0. The summed E-state index contributed by atoms with van der Waals surface area (Å²) in [7, 11) is 1.72. The Balaban J connectivity index is 2.12. The summed E-state index contributed by atoms with van der Waals surface area (Å²) >= 11 is 0. The molecule has 0 N–H and O–H groups in total. The van der Waals surface area contributed by atoms with Crippen LogP contribution in [0.25, 0.3) is 10.8 Å². The first-order valence-corrected chi connectivity index (χ1v) is 6.27. The number of rotatable bonds is 4. The van der Waals surface area contributed by atoms with Gasteiger partial charge in [-0.3, -0.25) is 9.59 Å². The highest BCUT2D eigenvalue weighted by atomic mass is 16.2. The molecule has 0 aliphatic heterocycles. The van der Waals surface area contributed by atoms with Gasteiger partial charge in [0.15, 0.2) is 0 Å². The molecule has 0 saturated carbocycles. The quantitative estimate of drug-likeness (QED) is 0.788. The van der Waals surface area contributed by atoms with E-state index in [-0.39, 0.29) is 18.1 Å². The lowest BCUT2D eigenvalue weighted by Crippen LogP contribution is -2.27. The van der Waals surface area contributed by atoms with Crippen LogP contribution >= 0.6 is 0 Å². The maximum Gasteiger partial charge on any atom is 0.230 e. The number of benzene rings is 2. The van der Waals surface area contributed by atoms with Crippen molar-refractivity contribution in [1.82, 2.24) is 4.90 Å². The normalized spacial score (nSPS) is 10.4. The predicted octanol–water partition coefficient (Wildman–Crippen LogP) is 2.78. The van der Waals surface area contributed by atoms with E-state index in [2.05, 4.69) is 18.2 Å². The van der Waals surface area contributed by atoms with E-state index in [1.54, 1.807) is 11.9 Å². The molecule has 2 rings (SSSR count). The van der Waals surface area contributed by atoms with E-state index in [0.29, 0.717) is 6.54 Å². The van der Waals surface area contributed by atoms with Crippen LogP contribution in [0.3, 0.4) is 0 Å². The summed E-state index contributed by atoms with van der Waals surface area (Å²) in [5, 5.41) is 2.34. The molecule has 98 valence electrons. The van der Waals surface area contributed by atoms with Crippen LogP contribution in [0, 0.1) is 0 Å². The lowest BCUT2D eigenvalue weighted by Gasteiger charge is -2.17. The van der Waals surface area contributed by atoms with Crippen LogP contribution in [-0.2, 0) is 16.1 Å². The van der Waals surface area contributed by atoms with Gasteiger partial charge in [-0.05, 0) is 29.3 Å². The van der Waals surface area contributed by atoms with E-state index in [9.17, 15) is 9.59 Å². The molecule has 0 heterocycles. The highest BCUT2D eigenvalue weighted by Gasteiger charge is 2.11. The third-order valence-electron chi connectivity index (χ3n) is 3.06. The van der Waals surface area contributed by atoms with Crippen molar-refractivity contribution in [2.45, 2.75) is 19.9 Å². The Morgan fingerprint density at radius 3 is 2.42 bits per heavy atom. The highest BCUT2D eigenvalue weighted by Crippen LogP contribution is 2.16. The van der Waals surface area contributed by atoms with Crippen LogP contribution in [0.15, 0.2) is 42.5 Å². The van der Waals surface area contributed by atoms with Crippen molar-refractivity contribution in [3.63, 3.8) is 0 Å². The highest BCUT2D eigenvalue weighted by molar-refractivity contribution is 5.96. The second-order valence-electron chi connectivity index (χ2n) is 4.81. The Bertz CT molecular complexity index is 619.